The minimum atomic E-state index is -1.31. The number of imide groups is 1. The average molecular weight is 923 g/mol. The maximum absolute atomic E-state index is 14.7. The lowest BCUT2D eigenvalue weighted by atomic mass is 9.49. The highest BCUT2D eigenvalue weighted by Crippen LogP contribution is 2.60. The zero-order valence-electron chi connectivity index (χ0n) is 39.8. The lowest BCUT2D eigenvalue weighted by Gasteiger charge is -2.56. The normalized spacial score (nSPS) is 27.1. The topological polar surface area (TPSA) is 183 Å². The number of alkyl carbamates (subject to hydrolysis) is 1. The number of phenolic OH excluding ortho intramolecular Hbond substituents is 1. The molecule has 5 aliphatic carbocycles. The monoisotopic (exact) mass is 922 g/mol. The minimum absolute atomic E-state index is 0.0227. The predicted octanol–water partition coefficient (Wildman–Crippen LogP) is 10.0. The number of aryl methyl sites for hydroxylation is 2. The van der Waals surface area contributed by atoms with Gasteiger partial charge in [-0.15, -0.1) is 0 Å². The largest absolute Gasteiger partial charge is 0.508 e. The number of nitrogens with one attached hydrogen (secondary N) is 4. The summed E-state index contributed by atoms with van der Waals surface area (Å²) in [5.74, 6) is -0.755. The van der Waals surface area contributed by atoms with Crippen molar-refractivity contribution in [3.63, 3.8) is 0 Å². The van der Waals surface area contributed by atoms with Crippen molar-refractivity contribution in [1.82, 2.24) is 16.0 Å². The first kappa shape index (κ1) is 46.9. The summed E-state index contributed by atoms with van der Waals surface area (Å²) in [5.41, 5.74) is 7.42. The summed E-state index contributed by atoms with van der Waals surface area (Å²) in [6, 6.07) is 26.8. The van der Waals surface area contributed by atoms with Gasteiger partial charge in [-0.05, 0) is 162 Å². The van der Waals surface area contributed by atoms with Crippen LogP contribution in [0.25, 0.3) is 11.1 Å². The molecule has 68 heavy (non-hydrogen) atoms. The summed E-state index contributed by atoms with van der Waals surface area (Å²) in [6.45, 7) is 9.00. The quantitative estimate of drug-likeness (QED) is 0.0599. The van der Waals surface area contributed by atoms with E-state index in [-0.39, 0.29) is 53.8 Å². The standard InChI is InChI=1S/C56H66N4O8/c1-53-26-11-28-55(3,49(63)60-50(64)56(4)29-12-27-54(2)44-32-37(61)23-19-35(44)21-25-47(54)56)46(53)24-20-34-18-22-36(31-43(34)53)58-48(62)45(59-51(65)66)17-9-10-30-57-52(67)68-33-42-40-15-7-5-13-38(40)39-14-6-8-16-41(39)42/h5-8,13-16,18-19,22-23,31-32,42,45-47,59,61H,9-12,17,20-21,24-30,33H2,1-4H3,(H,57,67)(H,58,62)(H,65,66)(H,60,63,64)/t45?,46-,47-,53-,54-,55+,56+/m1/s1. The van der Waals surface area contributed by atoms with Crippen molar-refractivity contribution >= 4 is 35.6 Å². The number of ether oxygens (including phenoxy) is 1. The van der Waals surface area contributed by atoms with Gasteiger partial charge in [0.2, 0.25) is 17.7 Å². The van der Waals surface area contributed by atoms with E-state index in [4.69, 9.17) is 4.74 Å². The number of phenols is 1. The van der Waals surface area contributed by atoms with E-state index in [1.807, 2.05) is 68.4 Å². The van der Waals surface area contributed by atoms with Crippen molar-refractivity contribution in [1.29, 1.82) is 0 Å². The number of amides is 5. The van der Waals surface area contributed by atoms with Crippen LogP contribution in [-0.2, 0) is 42.8 Å². The number of carbonyl (C=O) groups is 5. The highest BCUT2D eigenvalue weighted by atomic mass is 16.5. The molecule has 5 aliphatic rings. The number of hydrogen-bond acceptors (Lipinski definition) is 7. The third-order valence-corrected chi connectivity index (χ3v) is 17.4. The molecule has 12 nitrogen and oxygen atoms in total. The number of aromatic hydroxyl groups is 1. The zero-order valence-corrected chi connectivity index (χ0v) is 39.8. The van der Waals surface area contributed by atoms with E-state index in [0.29, 0.717) is 37.9 Å². The molecule has 0 saturated heterocycles. The maximum Gasteiger partial charge on any atom is 0.407 e. The van der Waals surface area contributed by atoms with E-state index in [0.717, 1.165) is 90.3 Å². The van der Waals surface area contributed by atoms with Crippen LogP contribution in [0.5, 0.6) is 5.75 Å². The van der Waals surface area contributed by atoms with Crippen molar-refractivity contribution in [3.05, 3.63) is 118 Å². The minimum Gasteiger partial charge on any atom is -0.508 e. The van der Waals surface area contributed by atoms with Crippen LogP contribution in [0.2, 0.25) is 0 Å². The molecular formula is C56H66N4O8. The Morgan fingerprint density at radius 3 is 1.85 bits per heavy atom. The van der Waals surface area contributed by atoms with Gasteiger partial charge >= 0.3 is 12.2 Å². The summed E-state index contributed by atoms with van der Waals surface area (Å²) >= 11 is 0. The van der Waals surface area contributed by atoms with Crippen LogP contribution in [-0.4, -0.2) is 59.3 Å². The Morgan fingerprint density at radius 2 is 1.26 bits per heavy atom. The molecule has 0 bridgehead atoms. The second-order valence-corrected chi connectivity index (χ2v) is 21.3. The number of rotatable bonds is 12. The number of unbranched alkanes of at least 4 members (excludes halogenated alkanes) is 1. The van der Waals surface area contributed by atoms with E-state index < -0.39 is 40.4 Å². The molecule has 1 unspecified atom stereocenters. The van der Waals surface area contributed by atoms with Gasteiger partial charge in [-0.3, -0.25) is 19.7 Å². The molecule has 0 radical (unpaired) electrons. The Labute approximate surface area is 399 Å². The molecule has 7 atom stereocenters. The lowest BCUT2D eigenvalue weighted by Crippen LogP contribution is -2.60. The first-order valence-electron chi connectivity index (χ1n) is 24.8. The maximum atomic E-state index is 14.7. The Balaban J connectivity index is 0.809. The lowest BCUT2D eigenvalue weighted by molar-refractivity contribution is -0.150. The number of anilines is 1. The summed E-state index contributed by atoms with van der Waals surface area (Å²) in [7, 11) is 0. The molecule has 12 heteroatoms. The molecule has 0 heterocycles. The summed E-state index contributed by atoms with van der Waals surface area (Å²) in [5, 5.41) is 31.3. The summed E-state index contributed by atoms with van der Waals surface area (Å²) < 4.78 is 5.66. The molecule has 2 fully saturated rings. The fourth-order valence-corrected chi connectivity index (χ4v) is 13.9. The van der Waals surface area contributed by atoms with Crippen LogP contribution in [0.1, 0.15) is 138 Å². The van der Waals surface area contributed by atoms with Crippen LogP contribution in [0.3, 0.4) is 0 Å². The van der Waals surface area contributed by atoms with E-state index in [9.17, 15) is 34.2 Å². The molecule has 9 rings (SSSR count). The fraction of sp³-hybridized carbons (Fsp3) is 0.482. The van der Waals surface area contributed by atoms with Crippen LogP contribution in [0.4, 0.5) is 15.3 Å². The predicted molar refractivity (Wildman–Crippen MR) is 260 cm³/mol. The molecule has 2 saturated carbocycles. The van der Waals surface area contributed by atoms with E-state index in [1.165, 1.54) is 5.56 Å². The van der Waals surface area contributed by atoms with E-state index >= 15 is 0 Å². The Hall–Kier alpha value is -6.17. The number of carboxylic acid groups (broad SMARTS) is 1. The fourth-order valence-electron chi connectivity index (χ4n) is 13.9. The number of hydrogen-bond donors (Lipinski definition) is 6. The van der Waals surface area contributed by atoms with Gasteiger partial charge < -0.3 is 30.9 Å². The first-order chi connectivity index (χ1) is 32.5. The first-order valence-corrected chi connectivity index (χ1v) is 24.8. The zero-order chi connectivity index (χ0) is 48.0. The number of carbonyl (C=O) groups excluding carboxylic acids is 4. The van der Waals surface area contributed by atoms with Gasteiger partial charge in [0.15, 0.2) is 0 Å². The van der Waals surface area contributed by atoms with Crippen molar-refractivity contribution < 1.29 is 38.9 Å². The highest BCUT2D eigenvalue weighted by Gasteiger charge is 2.58. The summed E-state index contributed by atoms with van der Waals surface area (Å²) in [6.07, 6.45) is 7.32. The van der Waals surface area contributed by atoms with Gasteiger partial charge in [-0.25, -0.2) is 9.59 Å². The van der Waals surface area contributed by atoms with Crippen LogP contribution in [0, 0.1) is 22.7 Å². The van der Waals surface area contributed by atoms with Crippen molar-refractivity contribution in [2.75, 3.05) is 18.5 Å². The molecule has 6 N–H and O–H groups in total. The third-order valence-electron chi connectivity index (χ3n) is 17.4. The van der Waals surface area contributed by atoms with Gasteiger partial charge in [0.25, 0.3) is 0 Å². The van der Waals surface area contributed by atoms with E-state index in [2.05, 4.69) is 59.4 Å². The molecule has 5 amide bonds. The second-order valence-electron chi connectivity index (χ2n) is 21.3. The van der Waals surface area contributed by atoms with Crippen LogP contribution in [0.15, 0.2) is 84.9 Å². The van der Waals surface area contributed by atoms with E-state index in [1.54, 1.807) is 6.07 Å². The summed E-state index contributed by atoms with van der Waals surface area (Å²) in [4.78, 5) is 67.6. The molecular weight excluding hydrogens is 857 g/mol. The van der Waals surface area contributed by atoms with Crippen molar-refractivity contribution in [2.45, 2.75) is 134 Å². The number of benzene rings is 4. The molecule has 0 spiro atoms. The van der Waals surface area contributed by atoms with Gasteiger partial charge in [-0.2, -0.15) is 0 Å². The number of fused-ring (bicyclic) bond motifs is 9. The molecule has 4 aromatic rings. The van der Waals surface area contributed by atoms with Gasteiger partial charge in [-0.1, -0.05) is 101 Å². The van der Waals surface area contributed by atoms with Crippen LogP contribution < -0.4 is 21.3 Å². The molecule has 0 aliphatic heterocycles. The Kier molecular flexibility index (Phi) is 12.7. The third kappa shape index (κ3) is 8.42. The van der Waals surface area contributed by atoms with Crippen molar-refractivity contribution in [2.24, 2.45) is 22.7 Å². The highest BCUT2D eigenvalue weighted by molar-refractivity contribution is 6.01. The van der Waals surface area contributed by atoms with Crippen LogP contribution >= 0.6 is 0 Å². The second kappa shape index (κ2) is 18.4. The molecule has 358 valence electrons. The SMILES string of the molecule is C[C@]1(C(=O)NC(=O)[C@@]2(C)CCC[C@]3(C)c4cc(NC(=O)C(CCCCNC(=O)OCC5c6ccccc6-c6ccccc65)NC(=O)O)ccc4CC[C@@H]23)CCC[C@]2(C)c3cc(O)ccc3CC[C@@H]12. The van der Waals surface area contributed by atoms with Gasteiger partial charge in [0.05, 0.1) is 10.8 Å². The van der Waals surface area contributed by atoms with Gasteiger partial charge in [0.1, 0.15) is 18.4 Å². The Morgan fingerprint density at radius 1 is 0.706 bits per heavy atom. The molecule has 4 aromatic carbocycles. The smallest absolute Gasteiger partial charge is 0.407 e. The Bertz CT molecular complexity index is 2600. The van der Waals surface area contributed by atoms with Gasteiger partial charge in [0, 0.05) is 18.2 Å². The molecule has 0 aromatic heterocycles. The van der Waals surface area contributed by atoms with Crippen molar-refractivity contribution in [3.8, 4) is 16.9 Å². The average Bonchev–Trinajstić information content (AvgIpc) is 3.63.